The number of rotatable bonds is 10. The Morgan fingerprint density at radius 1 is 1.17 bits per heavy atom. The fraction of sp³-hybridized carbons (Fsp3) is 0.350. The van der Waals surface area contributed by atoms with Gasteiger partial charge in [-0.15, -0.1) is 0 Å². The van der Waals surface area contributed by atoms with Crippen LogP contribution in [0.1, 0.15) is 18.9 Å². The zero-order chi connectivity index (χ0) is 21.4. The predicted octanol–water partition coefficient (Wildman–Crippen LogP) is 5.45. The average Bonchev–Trinajstić information content (AvgIpc) is 2.65. The highest BCUT2D eigenvalue weighted by molar-refractivity contribution is 6.35. The minimum absolute atomic E-state index is 0.00830. The fourth-order valence-corrected chi connectivity index (χ4v) is 2.94. The molecule has 0 saturated carbocycles. The van der Waals surface area contributed by atoms with E-state index in [4.69, 9.17) is 27.9 Å². The molecule has 2 rings (SSSR count). The van der Waals surface area contributed by atoms with Crippen molar-refractivity contribution in [2.75, 3.05) is 25.5 Å². The molecule has 158 valence electrons. The lowest BCUT2D eigenvalue weighted by Crippen LogP contribution is -2.24. The second-order valence-electron chi connectivity index (χ2n) is 6.25. The Balaban J connectivity index is 1.91. The number of benzene rings is 2. The highest BCUT2D eigenvalue weighted by Crippen LogP contribution is 2.30. The molecule has 0 aliphatic carbocycles. The number of carbonyl (C=O) groups excluding carboxylic acids is 1. The maximum Gasteiger partial charge on any atom is 0.387 e. The summed E-state index contributed by atoms with van der Waals surface area (Å²) in [6.07, 6.45) is 0.240. The van der Waals surface area contributed by atoms with Crippen molar-refractivity contribution in [3.8, 4) is 11.5 Å². The number of anilines is 1. The van der Waals surface area contributed by atoms with Gasteiger partial charge in [-0.2, -0.15) is 8.78 Å². The molecule has 0 radical (unpaired) electrons. The summed E-state index contributed by atoms with van der Waals surface area (Å²) in [4.78, 5) is 14.1. The first-order valence-electron chi connectivity index (χ1n) is 8.92. The maximum atomic E-state index is 12.5. The topological polar surface area (TPSA) is 50.8 Å². The van der Waals surface area contributed by atoms with E-state index in [0.717, 1.165) is 5.56 Å². The third-order valence-electron chi connectivity index (χ3n) is 3.90. The van der Waals surface area contributed by atoms with Crippen LogP contribution in [-0.4, -0.2) is 37.6 Å². The van der Waals surface area contributed by atoms with E-state index in [1.807, 2.05) is 11.9 Å². The molecule has 2 aromatic rings. The molecule has 0 heterocycles. The molecule has 0 atom stereocenters. The van der Waals surface area contributed by atoms with Crippen molar-refractivity contribution in [3.63, 3.8) is 0 Å². The lowest BCUT2D eigenvalue weighted by molar-refractivity contribution is -0.116. The van der Waals surface area contributed by atoms with Crippen molar-refractivity contribution in [1.29, 1.82) is 0 Å². The van der Waals surface area contributed by atoms with E-state index in [0.29, 0.717) is 35.4 Å². The second kappa shape index (κ2) is 11.2. The first-order chi connectivity index (χ1) is 13.8. The molecule has 5 nitrogen and oxygen atoms in total. The molecule has 0 aliphatic rings. The predicted molar refractivity (Wildman–Crippen MR) is 110 cm³/mol. The summed E-state index contributed by atoms with van der Waals surface area (Å²) >= 11 is 12.0. The quantitative estimate of drug-likeness (QED) is 0.526. The number of carbonyl (C=O) groups is 1. The smallest absolute Gasteiger partial charge is 0.387 e. The van der Waals surface area contributed by atoms with Gasteiger partial charge in [-0.3, -0.25) is 4.79 Å². The van der Waals surface area contributed by atoms with Crippen LogP contribution in [0.15, 0.2) is 36.4 Å². The summed E-state index contributed by atoms with van der Waals surface area (Å²) in [5.74, 6) is 0.0507. The molecule has 0 aromatic heterocycles. The van der Waals surface area contributed by atoms with Crippen LogP contribution in [0.4, 0.5) is 14.5 Å². The molecule has 9 heteroatoms. The van der Waals surface area contributed by atoms with E-state index in [9.17, 15) is 13.6 Å². The Labute approximate surface area is 178 Å². The molecule has 29 heavy (non-hydrogen) atoms. The van der Waals surface area contributed by atoms with E-state index < -0.39 is 6.61 Å². The van der Waals surface area contributed by atoms with Crippen LogP contribution in [0.3, 0.4) is 0 Å². The van der Waals surface area contributed by atoms with Crippen molar-refractivity contribution in [2.45, 2.75) is 26.5 Å². The lowest BCUT2D eigenvalue weighted by atomic mass is 10.2. The first kappa shape index (κ1) is 23.2. The molecule has 0 aliphatic heterocycles. The van der Waals surface area contributed by atoms with Gasteiger partial charge in [0.05, 0.1) is 17.3 Å². The number of hydrogen-bond donors (Lipinski definition) is 1. The Morgan fingerprint density at radius 2 is 1.93 bits per heavy atom. The van der Waals surface area contributed by atoms with Gasteiger partial charge in [-0.05, 0) is 49.9 Å². The standard InChI is InChI=1S/C20H22Cl2F2N2O3/c1-3-28-18-10-13(4-7-17(18)29-20(23)24)12-26(2)9-8-19(27)25-16-11-14(21)5-6-15(16)22/h4-7,10-11,20H,3,8-9,12H2,1-2H3,(H,25,27). The second-order valence-corrected chi connectivity index (χ2v) is 7.10. The van der Waals surface area contributed by atoms with Crippen molar-refractivity contribution < 1.29 is 23.0 Å². The van der Waals surface area contributed by atoms with E-state index in [2.05, 4.69) is 10.1 Å². The van der Waals surface area contributed by atoms with Gasteiger partial charge in [-0.25, -0.2) is 0 Å². The van der Waals surface area contributed by atoms with Crippen LogP contribution in [-0.2, 0) is 11.3 Å². The highest BCUT2D eigenvalue weighted by Gasteiger charge is 2.13. The van der Waals surface area contributed by atoms with Gasteiger partial charge in [0.1, 0.15) is 0 Å². The summed E-state index contributed by atoms with van der Waals surface area (Å²) in [5.41, 5.74) is 1.30. The zero-order valence-corrected chi connectivity index (χ0v) is 17.6. The number of amides is 1. The van der Waals surface area contributed by atoms with Gasteiger partial charge in [0.2, 0.25) is 5.91 Å². The van der Waals surface area contributed by atoms with Gasteiger partial charge >= 0.3 is 6.61 Å². The van der Waals surface area contributed by atoms with Crippen molar-refractivity contribution in [3.05, 3.63) is 52.0 Å². The van der Waals surface area contributed by atoms with Gasteiger partial charge in [0, 0.05) is 24.5 Å². The molecule has 1 N–H and O–H groups in total. The summed E-state index contributed by atoms with van der Waals surface area (Å²) in [5, 5.41) is 3.62. The normalized spacial score (nSPS) is 11.0. The summed E-state index contributed by atoms with van der Waals surface area (Å²) < 4.78 is 34.8. The van der Waals surface area contributed by atoms with Gasteiger partial charge in [0.25, 0.3) is 0 Å². The molecular weight excluding hydrogens is 425 g/mol. The number of nitrogens with one attached hydrogen (secondary N) is 1. The molecule has 0 saturated heterocycles. The number of nitrogens with zero attached hydrogens (tertiary/aromatic N) is 1. The van der Waals surface area contributed by atoms with Crippen LogP contribution < -0.4 is 14.8 Å². The molecule has 0 fully saturated rings. The maximum absolute atomic E-state index is 12.5. The molecular formula is C20H22Cl2F2N2O3. The Kier molecular flexibility index (Phi) is 8.95. The highest BCUT2D eigenvalue weighted by atomic mass is 35.5. The van der Waals surface area contributed by atoms with E-state index >= 15 is 0 Å². The van der Waals surface area contributed by atoms with Gasteiger partial charge < -0.3 is 19.7 Å². The van der Waals surface area contributed by atoms with Crippen LogP contribution in [0.5, 0.6) is 11.5 Å². The van der Waals surface area contributed by atoms with Gasteiger partial charge in [0.15, 0.2) is 11.5 Å². The van der Waals surface area contributed by atoms with Crippen molar-refractivity contribution >= 4 is 34.8 Å². The third-order valence-corrected chi connectivity index (χ3v) is 4.46. The monoisotopic (exact) mass is 446 g/mol. The van der Waals surface area contributed by atoms with Crippen molar-refractivity contribution in [1.82, 2.24) is 4.90 Å². The number of ether oxygens (including phenoxy) is 2. The molecule has 0 bridgehead atoms. The summed E-state index contributed by atoms with van der Waals surface area (Å²) in [6.45, 7) is 0.138. The van der Waals surface area contributed by atoms with Crippen molar-refractivity contribution in [2.24, 2.45) is 0 Å². The Bertz CT molecular complexity index is 837. The molecule has 0 spiro atoms. The minimum atomic E-state index is -2.92. The van der Waals surface area contributed by atoms with Crippen LogP contribution >= 0.6 is 23.2 Å². The van der Waals surface area contributed by atoms with E-state index in [1.165, 1.54) is 6.07 Å². The zero-order valence-electron chi connectivity index (χ0n) is 16.1. The van der Waals surface area contributed by atoms with Gasteiger partial charge in [-0.1, -0.05) is 29.3 Å². The number of halogens is 4. The number of alkyl halides is 2. The van der Waals surface area contributed by atoms with Crippen LogP contribution in [0.2, 0.25) is 10.0 Å². The van der Waals surface area contributed by atoms with E-state index in [1.54, 1.807) is 37.3 Å². The first-order valence-corrected chi connectivity index (χ1v) is 9.68. The summed E-state index contributed by atoms with van der Waals surface area (Å²) in [6, 6.07) is 9.63. The van der Waals surface area contributed by atoms with Crippen LogP contribution in [0, 0.1) is 0 Å². The minimum Gasteiger partial charge on any atom is -0.490 e. The Hall–Kier alpha value is -2.09. The summed E-state index contributed by atoms with van der Waals surface area (Å²) in [7, 11) is 1.85. The fourth-order valence-electron chi connectivity index (χ4n) is 2.60. The molecule has 1 amide bonds. The average molecular weight is 447 g/mol. The molecule has 0 unspecified atom stereocenters. The SMILES string of the molecule is CCOc1cc(CN(C)CCC(=O)Nc2cc(Cl)ccc2Cl)ccc1OC(F)F. The molecule has 2 aromatic carbocycles. The Morgan fingerprint density at radius 3 is 2.62 bits per heavy atom. The largest absolute Gasteiger partial charge is 0.490 e. The van der Waals surface area contributed by atoms with Crippen LogP contribution in [0.25, 0.3) is 0 Å². The lowest BCUT2D eigenvalue weighted by Gasteiger charge is -2.18. The van der Waals surface area contributed by atoms with E-state index in [-0.39, 0.29) is 23.8 Å². The third kappa shape index (κ3) is 7.68. The number of hydrogen-bond acceptors (Lipinski definition) is 4.